The molecule has 0 bridgehead atoms. The maximum absolute atomic E-state index is 12.6. The zero-order chi connectivity index (χ0) is 20.3. The molecule has 0 aromatic heterocycles. The number of thioether (sulfide) groups is 1. The maximum Gasteiger partial charge on any atom is 0.293 e. The molecular formula is C20H18BrClN2O3S. The molecule has 3 rings (SSSR count). The van der Waals surface area contributed by atoms with Crippen molar-refractivity contribution in [1.82, 2.24) is 4.90 Å². The molecule has 0 spiro atoms. The Morgan fingerprint density at radius 1 is 1.18 bits per heavy atom. The number of hydrogen-bond donors (Lipinski definition) is 0. The lowest BCUT2D eigenvalue weighted by Gasteiger charge is -2.15. The van der Waals surface area contributed by atoms with Gasteiger partial charge in [0.25, 0.3) is 11.1 Å². The van der Waals surface area contributed by atoms with Gasteiger partial charge < -0.3 is 9.64 Å². The molecule has 146 valence electrons. The van der Waals surface area contributed by atoms with E-state index in [1.54, 1.807) is 30.3 Å². The van der Waals surface area contributed by atoms with E-state index in [9.17, 15) is 9.59 Å². The summed E-state index contributed by atoms with van der Waals surface area (Å²) >= 11 is 10.3. The van der Waals surface area contributed by atoms with Crippen molar-refractivity contribution < 1.29 is 14.3 Å². The number of carbonyl (C=O) groups excluding carboxylic acids is 2. The van der Waals surface area contributed by atoms with Crippen molar-refractivity contribution >= 4 is 62.2 Å². The molecule has 0 N–H and O–H groups in total. The van der Waals surface area contributed by atoms with Gasteiger partial charge in [-0.25, -0.2) is 0 Å². The summed E-state index contributed by atoms with van der Waals surface area (Å²) in [6, 6.07) is 12.7. The molecule has 2 amide bonds. The van der Waals surface area contributed by atoms with Crippen molar-refractivity contribution in [2.75, 3.05) is 32.1 Å². The number of benzene rings is 2. The second-order valence-electron chi connectivity index (χ2n) is 6.24. The van der Waals surface area contributed by atoms with Crippen LogP contribution in [0, 0.1) is 0 Å². The second kappa shape index (κ2) is 9.03. The number of ether oxygens (including phenoxy) is 1. The molecule has 5 nitrogen and oxygen atoms in total. The monoisotopic (exact) mass is 480 g/mol. The Bertz CT molecular complexity index is 932. The van der Waals surface area contributed by atoms with Crippen molar-refractivity contribution in [2.24, 2.45) is 0 Å². The Kier molecular flexibility index (Phi) is 6.69. The Morgan fingerprint density at radius 2 is 1.89 bits per heavy atom. The van der Waals surface area contributed by atoms with Gasteiger partial charge >= 0.3 is 0 Å². The third-order valence-electron chi connectivity index (χ3n) is 4.02. The molecule has 1 saturated heterocycles. The molecule has 0 saturated carbocycles. The van der Waals surface area contributed by atoms with Crippen molar-refractivity contribution in [3.8, 4) is 5.75 Å². The standard InChI is InChI=1S/C20H18BrClN2O3S/c1-23(2)17-8-3-13(11-16(17)21)12-18-19(25)24(20(26)28-18)9-10-27-15-6-4-14(22)5-7-15/h3-8,11-12H,9-10H2,1-2H3/b18-12-. The van der Waals surface area contributed by atoms with E-state index in [4.69, 9.17) is 16.3 Å². The Labute approximate surface area is 181 Å². The Hall–Kier alpha value is -1.96. The van der Waals surface area contributed by atoms with Gasteiger partial charge in [-0.05, 0) is 75.7 Å². The van der Waals surface area contributed by atoms with Gasteiger partial charge in [-0.3, -0.25) is 14.5 Å². The lowest BCUT2D eigenvalue weighted by atomic mass is 10.2. The molecular weight excluding hydrogens is 464 g/mol. The third kappa shape index (κ3) is 4.90. The molecule has 0 radical (unpaired) electrons. The molecule has 1 aliphatic rings. The molecule has 0 aliphatic carbocycles. The molecule has 2 aromatic carbocycles. The van der Waals surface area contributed by atoms with E-state index in [0.717, 1.165) is 27.5 Å². The predicted molar refractivity (Wildman–Crippen MR) is 118 cm³/mol. The lowest BCUT2D eigenvalue weighted by molar-refractivity contribution is -0.123. The summed E-state index contributed by atoms with van der Waals surface area (Å²) in [6.45, 7) is 0.407. The Morgan fingerprint density at radius 3 is 2.54 bits per heavy atom. The van der Waals surface area contributed by atoms with Gasteiger partial charge in [-0.2, -0.15) is 0 Å². The van der Waals surface area contributed by atoms with Crippen LogP contribution in [0.1, 0.15) is 5.56 Å². The van der Waals surface area contributed by atoms with Crippen LogP contribution in [0.4, 0.5) is 10.5 Å². The first-order valence-corrected chi connectivity index (χ1v) is 10.4. The van der Waals surface area contributed by atoms with E-state index in [1.807, 2.05) is 37.2 Å². The van der Waals surface area contributed by atoms with Gasteiger partial charge in [0, 0.05) is 23.6 Å². The van der Waals surface area contributed by atoms with Gasteiger partial charge in [0.05, 0.1) is 17.1 Å². The fraction of sp³-hybridized carbons (Fsp3) is 0.200. The van der Waals surface area contributed by atoms with Crippen molar-refractivity contribution in [1.29, 1.82) is 0 Å². The highest BCUT2D eigenvalue weighted by Crippen LogP contribution is 2.33. The van der Waals surface area contributed by atoms with Gasteiger partial charge in [0.1, 0.15) is 12.4 Å². The van der Waals surface area contributed by atoms with Gasteiger partial charge in [0.15, 0.2) is 0 Å². The van der Waals surface area contributed by atoms with Crippen LogP contribution in [0.2, 0.25) is 5.02 Å². The molecule has 1 aliphatic heterocycles. The van der Waals surface area contributed by atoms with E-state index >= 15 is 0 Å². The predicted octanol–water partition coefficient (Wildman–Crippen LogP) is 5.28. The van der Waals surface area contributed by atoms with Gasteiger partial charge in [-0.1, -0.05) is 17.7 Å². The molecule has 1 heterocycles. The summed E-state index contributed by atoms with van der Waals surface area (Å²) < 4.78 is 6.50. The fourth-order valence-electron chi connectivity index (χ4n) is 2.61. The fourth-order valence-corrected chi connectivity index (χ4v) is 4.35. The number of amides is 2. The minimum Gasteiger partial charge on any atom is -0.492 e. The average Bonchev–Trinajstić information content (AvgIpc) is 2.90. The van der Waals surface area contributed by atoms with E-state index < -0.39 is 0 Å². The van der Waals surface area contributed by atoms with E-state index in [1.165, 1.54) is 4.90 Å². The molecule has 8 heteroatoms. The first-order valence-electron chi connectivity index (χ1n) is 8.46. The third-order valence-corrected chi connectivity index (χ3v) is 5.82. The summed E-state index contributed by atoms with van der Waals surface area (Å²) in [6.07, 6.45) is 1.73. The molecule has 1 fully saturated rings. The lowest BCUT2D eigenvalue weighted by Crippen LogP contribution is -2.32. The summed E-state index contributed by atoms with van der Waals surface area (Å²) in [5.74, 6) is 0.334. The maximum atomic E-state index is 12.6. The highest BCUT2D eigenvalue weighted by atomic mass is 79.9. The normalized spacial score (nSPS) is 15.4. The molecule has 2 aromatic rings. The van der Waals surface area contributed by atoms with Crippen LogP contribution >= 0.6 is 39.3 Å². The largest absolute Gasteiger partial charge is 0.492 e. The molecule has 28 heavy (non-hydrogen) atoms. The smallest absolute Gasteiger partial charge is 0.293 e. The van der Waals surface area contributed by atoms with Gasteiger partial charge in [-0.15, -0.1) is 0 Å². The first kappa shape index (κ1) is 20.8. The van der Waals surface area contributed by atoms with Crippen molar-refractivity contribution in [3.63, 3.8) is 0 Å². The van der Waals surface area contributed by atoms with Crippen LogP contribution in [0.5, 0.6) is 5.75 Å². The SMILES string of the molecule is CN(C)c1ccc(/C=C2\SC(=O)N(CCOc3ccc(Cl)cc3)C2=O)cc1Br. The number of rotatable bonds is 6. The van der Waals surface area contributed by atoms with Crippen LogP contribution in [0.3, 0.4) is 0 Å². The average molecular weight is 482 g/mol. The summed E-state index contributed by atoms with van der Waals surface area (Å²) in [7, 11) is 3.91. The van der Waals surface area contributed by atoms with E-state index in [0.29, 0.717) is 15.7 Å². The highest BCUT2D eigenvalue weighted by molar-refractivity contribution is 9.10. The number of nitrogens with zero attached hydrogens (tertiary/aromatic N) is 2. The van der Waals surface area contributed by atoms with E-state index in [-0.39, 0.29) is 24.3 Å². The zero-order valence-electron chi connectivity index (χ0n) is 15.3. The first-order chi connectivity index (χ1) is 13.3. The number of halogens is 2. The summed E-state index contributed by atoms with van der Waals surface area (Å²) in [5.41, 5.74) is 1.88. The second-order valence-corrected chi connectivity index (χ2v) is 8.52. The number of anilines is 1. The number of imide groups is 1. The van der Waals surface area contributed by atoms with Crippen LogP contribution in [-0.2, 0) is 4.79 Å². The van der Waals surface area contributed by atoms with Crippen molar-refractivity contribution in [2.45, 2.75) is 0 Å². The van der Waals surface area contributed by atoms with Crippen LogP contribution in [0.25, 0.3) is 6.08 Å². The highest BCUT2D eigenvalue weighted by Gasteiger charge is 2.34. The van der Waals surface area contributed by atoms with Gasteiger partial charge in [0.2, 0.25) is 0 Å². The number of carbonyl (C=O) groups is 2. The minimum absolute atomic E-state index is 0.188. The molecule has 0 atom stereocenters. The van der Waals surface area contributed by atoms with Crippen LogP contribution in [0.15, 0.2) is 51.8 Å². The number of hydrogen-bond acceptors (Lipinski definition) is 5. The van der Waals surface area contributed by atoms with Crippen LogP contribution in [-0.4, -0.2) is 43.3 Å². The van der Waals surface area contributed by atoms with Crippen LogP contribution < -0.4 is 9.64 Å². The zero-order valence-corrected chi connectivity index (χ0v) is 18.5. The summed E-state index contributed by atoms with van der Waals surface area (Å²) in [5, 5.41) is 0.327. The van der Waals surface area contributed by atoms with E-state index in [2.05, 4.69) is 15.9 Å². The Balaban J connectivity index is 1.65. The van der Waals surface area contributed by atoms with Crippen molar-refractivity contribution in [3.05, 3.63) is 62.4 Å². The quantitative estimate of drug-likeness (QED) is 0.525. The minimum atomic E-state index is -0.303. The molecule has 0 unspecified atom stereocenters. The topological polar surface area (TPSA) is 49.9 Å². The summed E-state index contributed by atoms with van der Waals surface area (Å²) in [4.78, 5) is 28.4.